The number of hydrogen-bond acceptors (Lipinski definition) is 5. The highest BCUT2D eigenvalue weighted by Gasteiger charge is 2.36. The summed E-state index contributed by atoms with van der Waals surface area (Å²) in [6.07, 6.45) is 1.32. The highest BCUT2D eigenvalue weighted by Crippen LogP contribution is 2.38. The van der Waals surface area contributed by atoms with Crippen LogP contribution in [-0.4, -0.2) is 25.0 Å². The molecule has 10 heteroatoms. The van der Waals surface area contributed by atoms with E-state index in [4.69, 9.17) is 44.3 Å². The van der Waals surface area contributed by atoms with Gasteiger partial charge in [-0.2, -0.15) is 0 Å². The Labute approximate surface area is 215 Å². The van der Waals surface area contributed by atoms with Gasteiger partial charge in [0.05, 0.1) is 17.8 Å². The Balaban J connectivity index is 1.64. The Hall–Kier alpha value is -3.52. The number of ether oxygens (including phenoxy) is 2. The Morgan fingerprint density at radius 2 is 1.69 bits per heavy atom. The molecule has 1 heterocycles. The second-order valence-electron chi connectivity index (χ2n) is 7.39. The molecular weight excluding hydrogens is 515 g/mol. The number of carbonyl (C=O) groups excluding carboxylic acids is 3. The molecule has 35 heavy (non-hydrogen) atoms. The van der Waals surface area contributed by atoms with Gasteiger partial charge in [0, 0.05) is 10.0 Å². The van der Waals surface area contributed by atoms with E-state index in [0.29, 0.717) is 21.4 Å². The van der Waals surface area contributed by atoms with Crippen molar-refractivity contribution in [3.63, 3.8) is 0 Å². The van der Waals surface area contributed by atoms with Gasteiger partial charge >= 0.3 is 6.03 Å². The Morgan fingerprint density at radius 3 is 2.37 bits per heavy atom. The standard InChI is InChI=1S/C25H17Cl3N2O5/c1-34-21-12-15(11-20(28)22(21)35-13-14-3-2-4-17(27)9-14)10-19-23(31)29-25(33)30(24(19)32)18-7-5-16(26)6-8-18/h2-12H,13H2,1H3,(H,29,31,33)/b19-10+. The van der Waals surface area contributed by atoms with Crippen molar-refractivity contribution in [3.05, 3.63) is 92.4 Å². The van der Waals surface area contributed by atoms with Gasteiger partial charge in [0.15, 0.2) is 11.5 Å². The van der Waals surface area contributed by atoms with Crippen molar-refractivity contribution in [1.82, 2.24) is 5.32 Å². The molecule has 0 spiro atoms. The quantitative estimate of drug-likeness (QED) is 0.316. The van der Waals surface area contributed by atoms with Crippen molar-refractivity contribution >= 4 is 64.4 Å². The van der Waals surface area contributed by atoms with Gasteiger partial charge in [-0.1, -0.05) is 46.9 Å². The van der Waals surface area contributed by atoms with Crippen LogP contribution in [0.15, 0.2) is 66.2 Å². The number of hydrogen-bond donors (Lipinski definition) is 1. The first-order valence-electron chi connectivity index (χ1n) is 10.2. The number of carbonyl (C=O) groups is 3. The lowest BCUT2D eigenvalue weighted by molar-refractivity contribution is -0.122. The summed E-state index contributed by atoms with van der Waals surface area (Å²) >= 11 is 18.3. The van der Waals surface area contributed by atoms with Crippen LogP contribution in [-0.2, 0) is 16.2 Å². The first-order valence-corrected chi connectivity index (χ1v) is 11.3. The Kier molecular flexibility index (Phi) is 7.31. The number of imide groups is 2. The third kappa shape index (κ3) is 5.43. The van der Waals surface area contributed by atoms with E-state index < -0.39 is 17.8 Å². The lowest BCUT2D eigenvalue weighted by Crippen LogP contribution is -2.54. The molecule has 0 atom stereocenters. The lowest BCUT2D eigenvalue weighted by atomic mass is 10.1. The van der Waals surface area contributed by atoms with E-state index in [2.05, 4.69) is 5.32 Å². The maximum atomic E-state index is 13.1. The van der Waals surface area contributed by atoms with Gasteiger partial charge in [-0.25, -0.2) is 9.69 Å². The molecule has 0 saturated carbocycles. The van der Waals surface area contributed by atoms with Crippen molar-refractivity contribution in [2.45, 2.75) is 6.61 Å². The second kappa shape index (κ2) is 10.4. The summed E-state index contributed by atoms with van der Waals surface area (Å²) < 4.78 is 11.3. The first-order chi connectivity index (χ1) is 16.8. The third-order valence-electron chi connectivity index (χ3n) is 5.02. The molecular formula is C25H17Cl3N2O5. The molecule has 0 aromatic heterocycles. The maximum Gasteiger partial charge on any atom is 0.335 e. The highest BCUT2D eigenvalue weighted by molar-refractivity contribution is 6.39. The van der Waals surface area contributed by atoms with Gasteiger partial charge in [-0.3, -0.25) is 14.9 Å². The van der Waals surface area contributed by atoms with Crippen molar-refractivity contribution in [2.24, 2.45) is 0 Å². The molecule has 4 amide bonds. The van der Waals surface area contributed by atoms with Gasteiger partial charge < -0.3 is 9.47 Å². The minimum Gasteiger partial charge on any atom is -0.493 e. The number of nitrogens with zero attached hydrogens (tertiary/aromatic N) is 1. The van der Waals surface area contributed by atoms with Crippen molar-refractivity contribution in [2.75, 3.05) is 12.0 Å². The summed E-state index contributed by atoms with van der Waals surface area (Å²) in [4.78, 5) is 38.8. The summed E-state index contributed by atoms with van der Waals surface area (Å²) in [6, 6.07) is 15.5. The molecule has 0 unspecified atom stereocenters. The lowest BCUT2D eigenvalue weighted by Gasteiger charge is -2.26. The molecule has 3 aromatic rings. The van der Waals surface area contributed by atoms with E-state index in [1.54, 1.807) is 24.3 Å². The van der Waals surface area contributed by atoms with E-state index in [1.165, 1.54) is 43.5 Å². The topological polar surface area (TPSA) is 84.9 Å². The predicted octanol–water partition coefficient (Wildman–Crippen LogP) is 5.90. The molecule has 1 aliphatic heterocycles. The van der Waals surface area contributed by atoms with Crippen LogP contribution in [0.5, 0.6) is 11.5 Å². The number of halogens is 3. The van der Waals surface area contributed by atoms with E-state index in [1.807, 2.05) is 6.07 Å². The van der Waals surface area contributed by atoms with E-state index in [-0.39, 0.29) is 28.6 Å². The molecule has 4 rings (SSSR count). The fourth-order valence-electron chi connectivity index (χ4n) is 3.39. The summed E-state index contributed by atoms with van der Waals surface area (Å²) in [7, 11) is 1.44. The van der Waals surface area contributed by atoms with E-state index >= 15 is 0 Å². The van der Waals surface area contributed by atoms with Crippen LogP contribution in [0.2, 0.25) is 15.1 Å². The number of rotatable bonds is 6. The highest BCUT2D eigenvalue weighted by atomic mass is 35.5. The van der Waals surface area contributed by atoms with Gasteiger partial charge in [-0.15, -0.1) is 0 Å². The van der Waals surface area contributed by atoms with E-state index in [9.17, 15) is 14.4 Å². The number of nitrogens with one attached hydrogen (secondary N) is 1. The van der Waals surface area contributed by atoms with Crippen molar-refractivity contribution in [1.29, 1.82) is 0 Å². The molecule has 0 radical (unpaired) electrons. The van der Waals surface area contributed by atoms with Gasteiger partial charge in [-0.05, 0) is 65.7 Å². The molecule has 3 aromatic carbocycles. The molecule has 1 saturated heterocycles. The van der Waals surface area contributed by atoms with Crippen LogP contribution < -0.4 is 19.7 Å². The van der Waals surface area contributed by atoms with Crippen LogP contribution in [0.4, 0.5) is 10.5 Å². The Morgan fingerprint density at radius 1 is 0.943 bits per heavy atom. The first kappa shape index (κ1) is 24.6. The molecule has 178 valence electrons. The normalized spacial score (nSPS) is 14.8. The zero-order chi connectivity index (χ0) is 25.1. The van der Waals surface area contributed by atoms with Gasteiger partial charge in [0.25, 0.3) is 11.8 Å². The third-order valence-corrected chi connectivity index (χ3v) is 5.79. The summed E-state index contributed by atoms with van der Waals surface area (Å²) in [5.41, 5.74) is 1.23. The summed E-state index contributed by atoms with van der Waals surface area (Å²) in [5, 5.41) is 3.38. The van der Waals surface area contributed by atoms with Crippen LogP contribution in [0, 0.1) is 0 Å². The summed E-state index contributed by atoms with van der Waals surface area (Å²) in [5.74, 6) is -1.05. The molecule has 0 aliphatic carbocycles. The monoisotopic (exact) mass is 530 g/mol. The fourth-order valence-corrected chi connectivity index (χ4v) is 4.01. The minimum absolute atomic E-state index is 0.191. The smallest absolute Gasteiger partial charge is 0.335 e. The second-order valence-corrected chi connectivity index (χ2v) is 8.67. The fraction of sp³-hybridized carbons (Fsp3) is 0.0800. The molecule has 7 nitrogen and oxygen atoms in total. The largest absolute Gasteiger partial charge is 0.493 e. The zero-order valence-corrected chi connectivity index (χ0v) is 20.4. The van der Waals surface area contributed by atoms with Gasteiger partial charge in [0.1, 0.15) is 12.2 Å². The van der Waals surface area contributed by atoms with Crippen molar-refractivity contribution < 1.29 is 23.9 Å². The summed E-state index contributed by atoms with van der Waals surface area (Å²) in [6.45, 7) is 0.191. The SMILES string of the molecule is COc1cc(/C=C2\C(=O)NC(=O)N(c3ccc(Cl)cc3)C2=O)cc(Cl)c1OCc1cccc(Cl)c1. The van der Waals surface area contributed by atoms with Crippen LogP contribution in [0.1, 0.15) is 11.1 Å². The van der Waals surface area contributed by atoms with Crippen LogP contribution in [0.3, 0.4) is 0 Å². The number of anilines is 1. The average molecular weight is 532 g/mol. The Bertz CT molecular complexity index is 1360. The maximum absolute atomic E-state index is 13.1. The van der Waals surface area contributed by atoms with Crippen LogP contribution in [0.25, 0.3) is 6.08 Å². The number of urea groups is 1. The van der Waals surface area contributed by atoms with Crippen LogP contribution >= 0.6 is 34.8 Å². The number of barbiturate groups is 1. The predicted molar refractivity (Wildman–Crippen MR) is 134 cm³/mol. The molecule has 0 bridgehead atoms. The average Bonchev–Trinajstić information content (AvgIpc) is 2.82. The zero-order valence-electron chi connectivity index (χ0n) is 18.2. The van der Waals surface area contributed by atoms with E-state index in [0.717, 1.165) is 10.5 Å². The molecule has 1 aliphatic rings. The molecule has 1 N–H and O–H groups in total. The number of methoxy groups -OCH3 is 1. The number of amides is 4. The van der Waals surface area contributed by atoms with Gasteiger partial charge in [0.2, 0.25) is 0 Å². The molecule has 1 fully saturated rings. The van der Waals surface area contributed by atoms with Crippen molar-refractivity contribution in [3.8, 4) is 11.5 Å². The minimum atomic E-state index is -0.861. The number of benzene rings is 3.